The first-order valence-electron chi connectivity index (χ1n) is 7.72. The molecule has 1 heterocycles. The molecule has 5 nitrogen and oxygen atoms in total. The van der Waals surface area contributed by atoms with Gasteiger partial charge in [-0.3, -0.25) is 9.59 Å². The average molecular weight is 372 g/mol. The number of halogens is 2. The first-order chi connectivity index (χ1) is 11.0. The minimum absolute atomic E-state index is 0. The summed E-state index contributed by atoms with van der Waals surface area (Å²) in [5.74, 6) is -0.253. The number of rotatable bonds is 6. The van der Waals surface area contributed by atoms with Gasteiger partial charge < -0.3 is 16.0 Å². The first-order valence-corrected chi connectivity index (χ1v) is 8.10. The number of carbonyl (C=O) groups excluding carboxylic acids is 2. The molecule has 0 aromatic heterocycles. The van der Waals surface area contributed by atoms with E-state index in [1.807, 2.05) is 12.1 Å². The molecule has 0 saturated carbocycles. The summed E-state index contributed by atoms with van der Waals surface area (Å²) < 4.78 is 0. The largest absolute Gasteiger partial charge is 0.352 e. The highest BCUT2D eigenvalue weighted by molar-refractivity contribution is 6.30. The fourth-order valence-corrected chi connectivity index (χ4v) is 2.62. The molecule has 0 fully saturated rings. The number of hydrogen-bond acceptors (Lipinski definition) is 3. The van der Waals surface area contributed by atoms with Gasteiger partial charge in [-0.05, 0) is 30.7 Å². The van der Waals surface area contributed by atoms with Crippen LogP contribution in [0.15, 0.2) is 35.9 Å². The second-order valence-electron chi connectivity index (χ2n) is 5.60. The first kappa shape index (κ1) is 20.5. The van der Waals surface area contributed by atoms with Crippen molar-refractivity contribution in [3.05, 3.63) is 46.5 Å². The summed E-state index contributed by atoms with van der Waals surface area (Å²) >= 11 is 5.89. The molecule has 1 unspecified atom stereocenters. The zero-order valence-corrected chi connectivity index (χ0v) is 15.2. The Hall–Kier alpha value is -1.56. The van der Waals surface area contributed by atoms with Crippen LogP contribution in [0.4, 0.5) is 0 Å². The Morgan fingerprint density at radius 3 is 2.58 bits per heavy atom. The highest BCUT2D eigenvalue weighted by atomic mass is 35.5. The van der Waals surface area contributed by atoms with Gasteiger partial charge in [0, 0.05) is 25.0 Å². The minimum Gasteiger partial charge on any atom is -0.352 e. The van der Waals surface area contributed by atoms with Crippen molar-refractivity contribution in [3.63, 3.8) is 0 Å². The standard InChI is InChI=1S/C17H22ClN3O2.ClH/c1-12(22)21-16(14-2-4-15(18)5-3-14)10-17(23)20-11-13-6-8-19-9-7-13;/h2-6,16,19H,7-11H2,1H3,(H,20,23)(H,21,22);1H. The summed E-state index contributed by atoms with van der Waals surface area (Å²) in [7, 11) is 0. The van der Waals surface area contributed by atoms with E-state index >= 15 is 0 Å². The van der Waals surface area contributed by atoms with Gasteiger partial charge in [0.05, 0.1) is 12.5 Å². The quantitative estimate of drug-likeness (QED) is 0.672. The van der Waals surface area contributed by atoms with E-state index in [2.05, 4.69) is 22.0 Å². The number of benzene rings is 1. The van der Waals surface area contributed by atoms with Crippen LogP contribution in [0.1, 0.15) is 31.4 Å². The molecule has 0 bridgehead atoms. The average Bonchev–Trinajstić information content (AvgIpc) is 2.53. The van der Waals surface area contributed by atoms with Gasteiger partial charge in [0.2, 0.25) is 11.8 Å². The van der Waals surface area contributed by atoms with Gasteiger partial charge >= 0.3 is 0 Å². The normalized spacial score (nSPS) is 14.8. The highest BCUT2D eigenvalue weighted by Crippen LogP contribution is 2.19. The predicted molar refractivity (Wildman–Crippen MR) is 98.5 cm³/mol. The van der Waals surface area contributed by atoms with E-state index in [1.54, 1.807) is 12.1 Å². The van der Waals surface area contributed by atoms with Gasteiger partial charge in [0.25, 0.3) is 0 Å². The van der Waals surface area contributed by atoms with Crippen molar-refractivity contribution in [2.75, 3.05) is 19.6 Å². The van der Waals surface area contributed by atoms with Crippen molar-refractivity contribution in [2.24, 2.45) is 0 Å². The summed E-state index contributed by atoms with van der Waals surface area (Å²) in [6.45, 7) is 3.81. The van der Waals surface area contributed by atoms with E-state index in [4.69, 9.17) is 11.6 Å². The summed E-state index contributed by atoms with van der Waals surface area (Å²) in [4.78, 5) is 23.6. The van der Waals surface area contributed by atoms with Crippen LogP contribution in [-0.4, -0.2) is 31.4 Å². The molecule has 1 aromatic carbocycles. The monoisotopic (exact) mass is 371 g/mol. The van der Waals surface area contributed by atoms with Crippen molar-refractivity contribution >= 4 is 35.8 Å². The van der Waals surface area contributed by atoms with E-state index in [9.17, 15) is 9.59 Å². The Morgan fingerprint density at radius 2 is 2.00 bits per heavy atom. The Bertz CT molecular complexity index is 588. The van der Waals surface area contributed by atoms with Crippen LogP contribution in [0.2, 0.25) is 5.02 Å². The molecule has 1 aromatic rings. The van der Waals surface area contributed by atoms with Gasteiger partial charge in [-0.2, -0.15) is 0 Å². The zero-order valence-electron chi connectivity index (χ0n) is 13.6. The van der Waals surface area contributed by atoms with Crippen molar-refractivity contribution in [1.29, 1.82) is 0 Å². The van der Waals surface area contributed by atoms with E-state index in [0.29, 0.717) is 11.6 Å². The van der Waals surface area contributed by atoms with E-state index in [-0.39, 0.29) is 36.7 Å². The molecule has 3 N–H and O–H groups in total. The number of carbonyl (C=O) groups is 2. The van der Waals surface area contributed by atoms with Crippen LogP contribution in [0.5, 0.6) is 0 Å². The molecular weight excluding hydrogens is 349 g/mol. The lowest BCUT2D eigenvalue weighted by molar-refractivity contribution is -0.122. The minimum atomic E-state index is -0.355. The highest BCUT2D eigenvalue weighted by Gasteiger charge is 2.17. The van der Waals surface area contributed by atoms with Crippen molar-refractivity contribution < 1.29 is 9.59 Å². The van der Waals surface area contributed by atoms with E-state index < -0.39 is 0 Å². The maximum absolute atomic E-state index is 12.2. The molecule has 2 amide bonds. The number of amides is 2. The fourth-order valence-electron chi connectivity index (χ4n) is 2.49. The maximum Gasteiger partial charge on any atom is 0.222 e. The molecule has 1 aliphatic heterocycles. The molecule has 1 aliphatic rings. The molecule has 0 aliphatic carbocycles. The molecule has 1 atom stereocenters. The Labute approximate surface area is 153 Å². The number of hydrogen-bond donors (Lipinski definition) is 3. The summed E-state index contributed by atoms with van der Waals surface area (Å²) in [6, 6.07) is 6.80. The van der Waals surface area contributed by atoms with Crippen LogP contribution in [0.25, 0.3) is 0 Å². The Kier molecular flexibility index (Phi) is 8.82. The SMILES string of the molecule is CC(=O)NC(CC(=O)NCC1=CCNCC1)c1ccc(Cl)cc1.Cl. The molecule has 7 heteroatoms. The van der Waals surface area contributed by atoms with E-state index in [0.717, 1.165) is 25.1 Å². The van der Waals surface area contributed by atoms with Crippen LogP contribution in [0.3, 0.4) is 0 Å². The predicted octanol–water partition coefficient (Wildman–Crippen LogP) is 2.37. The second kappa shape index (κ2) is 10.3. The van der Waals surface area contributed by atoms with Gasteiger partial charge in [-0.15, -0.1) is 12.4 Å². The van der Waals surface area contributed by atoms with Crippen molar-refractivity contribution in [2.45, 2.75) is 25.8 Å². The lowest BCUT2D eigenvalue weighted by Gasteiger charge is -2.19. The third-order valence-electron chi connectivity index (χ3n) is 3.71. The smallest absolute Gasteiger partial charge is 0.222 e. The number of nitrogens with one attached hydrogen (secondary N) is 3. The summed E-state index contributed by atoms with van der Waals surface area (Å²) in [6.07, 6.45) is 3.26. The lowest BCUT2D eigenvalue weighted by atomic mass is 10.0. The van der Waals surface area contributed by atoms with Crippen molar-refractivity contribution in [1.82, 2.24) is 16.0 Å². The Morgan fingerprint density at radius 1 is 1.29 bits per heavy atom. The van der Waals surface area contributed by atoms with Crippen LogP contribution in [0, 0.1) is 0 Å². The summed E-state index contributed by atoms with van der Waals surface area (Å²) in [5.41, 5.74) is 2.10. The van der Waals surface area contributed by atoms with Gasteiger partial charge in [-0.25, -0.2) is 0 Å². The van der Waals surface area contributed by atoms with Crippen molar-refractivity contribution in [3.8, 4) is 0 Å². The molecule has 24 heavy (non-hydrogen) atoms. The van der Waals surface area contributed by atoms with Gasteiger partial charge in [-0.1, -0.05) is 35.4 Å². The third kappa shape index (κ3) is 6.91. The van der Waals surface area contributed by atoms with Crippen LogP contribution < -0.4 is 16.0 Å². The molecule has 0 spiro atoms. The zero-order chi connectivity index (χ0) is 16.7. The van der Waals surface area contributed by atoms with E-state index in [1.165, 1.54) is 12.5 Å². The third-order valence-corrected chi connectivity index (χ3v) is 3.96. The molecule has 0 radical (unpaired) electrons. The van der Waals surface area contributed by atoms with Gasteiger partial charge in [0.1, 0.15) is 0 Å². The fraction of sp³-hybridized carbons (Fsp3) is 0.412. The molecular formula is C17H23Cl2N3O2. The second-order valence-corrected chi connectivity index (χ2v) is 6.04. The molecule has 0 saturated heterocycles. The van der Waals surface area contributed by atoms with Gasteiger partial charge in [0.15, 0.2) is 0 Å². The maximum atomic E-state index is 12.2. The topological polar surface area (TPSA) is 70.2 Å². The lowest BCUT2D eigenvalue weighted by Crippen LogP contribution is -2.34. The molecule has 132 valence electrons. The van der Waals surface area contributed by atoms with Crippen LogP contribution in [-0.2, 0) is 9.59 Å². The molecule has 2 rings (SSSR count). The van der Waals surface area contributed by atoms with Crippen LogP contribution >= 0.6 is 24.0 Å². The Balaban J connectivity index is 0.00000288. The summed E-state index contributed by atoms with van der Waals surface area (Å²) in [5, 5.41) is 9.60.